The van der Waals surface area contributed by atoms with Crippen LogP contribution in [0.15, 0.2) is 40.9 Å². The molecule has 0 aliphatic carbocycles. The van der Waals surface area contributed by atoms with Gasteiger partial charge in [0, 0.05) is 10.6 Å². The summed E-state index contributed by atoms with van der Waals surface area (Å²) in [5.41, 5.74) is 8.16. The van der Waals surface area contributed by atoms with Gasteiger partial charge in [-0.3, -0.25) is 0 Å². The molecule has 0 amide bonds. The van der Waals surface area contributed by atoms with Crippen LogP contribution in [0.25, 0.3) is 0 Å². The van der Waals surface area contributed by atoms with Gasteiger partial charge in [-0.1, -0.05) is 23.7 Å². The normalized spacial score (nSPS) is 12.1. The van der Waals surface area contributed by atoms with E-state index >= 15 is 0 Å². The highest BCUT2D eigenvalue weighted by Crippen LogP contribution is 2.40. The lowest BCUT2D eigenvalue weighted by atomic mass is 9.98. The summed E-state index contributed by atoms with van der Waals surface area (Å²) in [6.07, 6.45) is 0. The third kappa shape index (κ3) is 2.92. The summed E-state index contributed by atoms with van der Waals surface area (Å²) in [5, 5.41) is 0.684. The van der Waals surface area contributed by atoms with Crippen LogP contribution in [-0.4, -0.2) is 14.2 Å². The molecule has 3 nitrogen and oxygen atoms in total. The fraction of sp³-hybridized carbons (Fsp3) is 0.200. The van der Waals surface area contributed by atoms with Crippen LogP contribution >= 0.6 is 27.5 Å². The van der Waals surface area contributed by atoms with Gasteiger partial charge in [-0.25, -0.2) is 0 Å². The minimum absolute atomic E-state index is 0.301. The number of hydrogen-bond donors (Lipinski definition) is 1. The average Bonchev–Trinajstić information content (AvgIpc) is 2.47. The van der Waals surface area contributed by atoms with E-state index in [1.807, 2.05) is 36.4 Å². The highest BCUT2D eigenvalue weighted by molar-refractivity contribution is 9.10. The Bertz CT molecular complexity index is 602. The van der Waals surface area contributed by atoms with Gasteiger partial charge < -0.3 is 15.2 Å². The van der Waals surface area contributed by atoms with Crippen LogP contribution in [0.3, 0.4) is 0 Å². The van der Waals surface area contributed by atoms with Crippen LogP contribution in [-0.2, 0) is 0 Å². The summed E-state index contributed by atoms with van der Waals surface area (Å²) >= 11 is 9.37. The van der Waals surface area contributed by atoms with Crippen LogP contribution in [0.4, 0.5) is 0 Å². The van der Waals surface area contributed by atoms with Crippen molar-refractivity contribution in [3.8, 4) is 11.5 Å². The van der Waals surface area contributed by atoms with Crippen molar-refractivity contribution in [2.24, 2.45) is 5.73 Å². The molecule has 2 aromatic rings. The summed E-state index contributed by atoms with van der Waals surface area (Å²) in [7, 11) is 3.22. The smallest absolute Gasteiger partial charge is 0.141 e. The van der Waals surface area contributed by atoms with Crippen molar-refractivity contribution < 1.29 is 9.47 Å². The minimum atomic E-state index is -0.301. The molecule has 106 valence electrons. The van der Waals surface area contributed by atoms with Gasteiger partial charge >= 0.3 is 0 Å². The Hall–Kier alpha value is -1.23. The van der Waals surface area contributed by atoms with E-state index in [2.05, 4.69) is 15.9 Å². The molecule has 0 aliphatic heterocycles. The molecule has 1 unspecified atom stereocenters. The van der Waals surface area contributed by atoms with Crippen molar-refractivity contribution >= 4 is 27.5 Å². The van der Waals surface area contributed by atoms with Gasteiger partial charge in [-0.15, -0.1) is 0 Å². The monoisotopic (exact) mass is 355 g/mol. The molecule has 0 radical (unpaired) electrons. The zero-order valence-electron chi connectivity index (χ0n) is 11.2. The molecule has 0 fully saturated rings. The van der Waals surface area contributed by atoms with Crippen LogP contribution in [0, 0.1) is 0 Å². The Morgan fingerprint density at radius 1 is 1.05 bits per heavy atom. The molecule has 2 aromatic carbocycles. The molecule has 0 spiro atoms. The maximum Gasteiger partial charge on any atom is 0.141 e. The maximum atomic E-state index is 6.32. The van der Waals surface area contributed by atoms with E-state index in [0.29, 0.717) is 16.5 Å². The van der Waals surface area contributed by atoms with Crippen molar-refractivity contribution in [3.05, 3.63) is 57.0 Å². The van der Waals surface area contributed by atoms with Crippen LogP contribution in [0.2, 0.25) is 5.02 Å². The first-order chi connectivity index (χ1) is 9.58. The summed E-state index contributed by atoms with van der Waals surface area (Å²) in [6.45, 7) is 0. The Morgan fingerprint density at radius 2 is 1.70 bits per heavy atom. The van der Waals surface area contributed by atoms with Gasteiger partial charge in [0.2, 0.25) is 0 Å². The molecule has 2 N–H and O–H groups in total. The molecule has 0 aromatic heterocycles. The summed E-state index contributed by atoms with van der Waals surface area (Å²) in [6, 6.07) is 10.9. The minimum Gasteiger partial charge on any atom is -0.495 e. The number of ether oxygens (including phenoxy) is 2. The van der Waals surface area contributed by atoms with Crippen molar-refractivity contribution in [1.82, 2.24) is 0 Å². The van der Waals surface area contributed by atoms with Gasteiger partial charge in [-0.05, 0) is 45.8 Å². The molecule has 5 heteroatoms. The zero-order valence-corrected chi connectivity index (χ0v) is 13.5. The number of benzene rings is 2. The Labute approximate surface area is 131 Å². The van der Waals surface area contributed by atoms with E-state index in [1.54, 1.807) is 14.2 Å². The molecule has 0 saturated heterocycles. The average molecular weight is 357 g/mol. The fourth-order valence-electron chi connectivity index (χ4n) is 2.01. The molecule has 0 heterocycles. The van der Waals surface area contributed by atoms with Crippen molar-refractivity contribution in [2.75, 3.05) is 14.2 Å². The molecular formula is C15H15BrClNO2. The van der Waals surface area contributed by atoms with E-state index in [4.69, 9.17) is 26.8 Å². The van der Waals surface area contributed by atoms with Crippen molar-refractivity contribution in [3.63, 3.8) is 0 Å². The van der Waals surface area contributed by atoms with Crippen LogP contribution in [0.5, 0.6) is 11.5 Å². The number of methoxy groups -OCH3 is 2. The van der Waals surface area contributed by atoms with Gasteiger partial charge in [0.15, 0.2) is 0 Å². The van der Waals surface area contributed by atoms with Gasteiger partial charge in [0.25, 0.3) is 0 Å². The second kappa shape index (κ2) is 6.48. The highest BCUT2D eigenvalue weighted by atomic mass is 79.9. The first-order valence-corrected chi connectivity index (χ1v) is 7.17. The highest BCUT2D eigenvalue weighted by Gasteiger charge is 2.18. The lowest BCUT2D eigenvalue weighted by molar-refractivity contribution is 0.385. The van der Waals surface area contributed by atoms with E-state index in [9.17, 15) is 0 Å². The lowest BCUT2D eigenvalue weighted by Crippen LogP contribution is -2.13. The maximum absolute atomic E-state index is 6.32. The van der Waals surface area contributed by atoms with Gasteiger partial charge in [-0.2, -0.15) is 0 Å². The largest absolute Gasteiger partial charge is 0.495 e. The van der Waals surface area contributed by atoms with Crippen molar-refractivity contribution in [2.45, 2.75) is 6.04 Å². The quantitative estimate of drug-likeness (QED) is 0.894. The third-order valence-electron chi connectivity index (χ3n) is 3.08. The Balaban J connectivity index is 2.46. The standard InChI is InChI=1S/C15H15BrClNO2/c1-19-12-8-7-11(15(20-2)13(12)16)14(18)9-3-5-10(17)6-4-9/h3-8,14H,18H2,1-2H3. The predicted octanol–water partition coefficient (Wildman–Crippen LogP) is 4.17. The van der Waals surface area contributed by atoms with Crippen LogP contribution < -0.4 is 15.2 Å². The topological polar surface area (TPSA) is 44.5 Å². The molecule has 0 aliphatic rings. The van der Waals surface area contributed by atoms with E-state index < -0.39 is 0 Å². The summed E-state index contributed by atoms with van der Waals surface area (Å²) < 4.78 is 11.5. The van der Waals surface area contributed by atoms with Crippen molar-refractivity contribution in [1.29, 1.82) is 0 Å². The molecule has 0 saturated carbocycles. The Kier molecular flexibility index (Phi) is 4.91. The number of halogens is 2. The van der Waals surface area contributed by atoms with E-state index in [1.165, 1.54) is 0 Å². The molecule has 2 rings (SSSR count). The Morgan fingerprint density at radius 3 is 2.25 bits per heavy atom. The summed E-state index contributed by atoms with van der Waals surface area (Å²) in [5.74, 6) is 1.38. The molecule has 20 heavy (non-hydrogen) atoms. The number of nitrogens with two attached hydrogens (primary N) is 1. The summed E-state index contributed by atoms with van der Waals surface area (Å²) in [4.78, 5) is 0. The van der Waals surface area contributed by atoms with E-state index in [-0.39, 0.29) is 6.04 Å². The zero-order chi connectivity index (χ0) is 14.7. The van der Waals surface area contributed by atoms with E-state index in [0.717, 1.165) is 15.6 Å². The number of rotatable bonds is 4. The third-order valence-corrected chi connectivity index (χ3v) is 4.08. The lowest BCUT2D eigenvalue weighted by Gasteiger charge is -2.18. The molecule has 1 atom stereocenters. The van der Waals surface area contributed by atoms with Gasteiger partial charge in [0.05, 0.1) is 20.3 Å². The van der Waals surface area contributed by atoms with Crippen LogP contribution in [0.1, 0.15) is 17.2 Å². The SMILES string of the molecule is COc1ccc(C(N)c2ccc(Cl)cc2)c(OC)c1Br. The molecule has 0 bridgehead atoms. The second-order valence-corrected chi connectivity index (χ2v) is 5.46. The van der Waals surface area contributed by atoms with Gasteiger partial charge in [0.1, 0.15) is 16.0 Å². The first-order valence-electron chi connectivity index (χ1n) is 6.00. The molecular weight excluding hydrogens is 342 g/mol. The second-order valence-electron chi connectivity index (χ2n) is 4.23. The first kappa shape index (κ1) is 15.2. The fourth-order valence-corrected chi connectivity index (χ4v) is 2.82. The predicted molar refractivity (Wildman–Crippen MR) is 84.7 cm³/mol. The number of hydrogen-bond acceptors (Lipinski definition) is 3.